The van der Waals surface area contributed by atoms with Crippen molar-refractivity contribution in [1.29, 1.82) is 0 Å². The third-order valence-electron chi connectivity index (χ3n) is 3.20. The first kappa shape index (κ1) is 13.8. The number of rotatable bonds is 2. The van der Waals surface area contributed by atoms with Gasteiger partial charge >= 0.3 is 0 Å². The number of aryl methyl sites for hydroxylation is 2. The van der Waals surface area contributed by atoms with Gasteiger partial charge < -0.3 is 17.0 Å². The van der Waals surface area contributed by atoms with E-state index in [9.17, 15) is 0 Å². The number of pyridine rings is 1. The van der Waals surface area contributed by atoms with Gasteiger partial charge in [0.1, 0.15) is 18.9 Å². The maximum Gasteiger partial charge on any atom is 0.286 e. The first-order valence-electron chi connectivity index (χ1n) is 6.25. The number of nitrogens with zero attached hydrogens (tertiary/aromatic N) is 2. The van der Waals surface area contributed by atoms with Gasteiger partial charge in [-0.15, -0.1) is 0 Å². The van der Waals surface area contributed by atoms with E-state index in [-0.39, 0.29) is 17.0 Å². The van der Waals surface area contributed by atoms with Crippen LogP contribution in [0.25, 0.3) is 5.65 Å². The van der Waals surface area contributed by atoms with Gasteiger partial charge in [0, 0.05) is 6.07 Å². The molecule has 19 heavy (non-hydrogen) atoms. The molecule has 0 unspecified atom stereocenters. The third kappa shape index (κ3) is 2.87. The summed E-state index contributed by atoms with van der Waals surface area (Å²) in [5.74, 6) is 0. The fourth-order valence-electron chi connectivity index (χ4n) is 2.54. The molecular formula is C16H17BrN2. The molecule has 0 saturated carbocycles. The summed E-state index contributed by atoms with van der Waals surface area (Å²) in [6, 6.07) is 13.0. The smallest absolute Gasteiger partial charge is 0.286 e. The number of aromatic nitrogens is 2. The number of hydrogen-bond donors (Lipinski definition) is 0. The monoisotopic (exact) mass is 316 g/mol. The summed E-state index contributed by atoms with van der Waals surface area (Å²) in [5, 5.41) is 0. The van der Waals surface area contributed by atoms with E-state index in [1.807, 2.05) is 6.07 Å². The van der Waals surface area contributed by atoms with Gasteiger partial charge in [0.15, 0.2) is 0 Å². The Bertz CT molecular complexity index is 681. The van der Waals surface area contributed by atoms with E-state index >= 15 is 0 Å². The second-order valence-corrected chi connectivity index (χ2v) is 4.89. The molecule has 2 aromatic heterocycles. The molecule has 0 bridgehead atoms. The summed E-state index contributed by atoms with van der Waals surface area (Å²) >= 11 is 0. The highest BCUT2D eigenvalue weighted by molar-refractivity contribution is 5.32. The van der Waals surface area contributed by atoms with E-state index in [0.29, 0.717) is 0 Å². The zero-order chi connectivity index (χ0) is 12.5. The van der Waals surface area contributed by atoms with Crippen LogP contribution in [0.4, 0.5) is 0 Å². The molecular weight excluding hydrogens is 300 g/mol. The molecule has 2 heterocycles. The lowest BCUT2D eigenvalue weighted by Gasteiger charge is -2.03. The molecule has 0 atom stereocenters. The van der Waals surface area contributed by atoms with Gasteiger partial charge in [-0.1, -0.05) is 35.4 Å². The van der Waals surface area contributed by atoms with Crippen LogP contribution < -0.4 is 21.5 Å². The van der Waals surface area contributed by atoms with Crippen LogP contribution in [0, 0.1) is 13.8 Å². The van der Waals surface area contributed by atoms with Crippen molar-refractivity contribution in [2.75, 3.05) is 0 Å². The van der Waals surface area contributed by atoms with E-state index in [1.54, 1.807) is 0 Å². The van der Waals surface area contributed by atoms with Crippen molar-refractivity contribution in [2.45, 2.75) is 20.4 Å². The van der Waals surface area contributed by atoms with Crippen molar-refractivity contribution >= 4 is 5.65 Å². The Hall–Kier alpha value is -1.61. The molecule has 0 aliphatic heterocycles. The Morgan fingerprint density at radius 2 is 1.74 bits per heavy atom. The minimum absolute atomic E-state index is 0. The maximum atomic E-state index is 2.27. The van der Waals surface area contributed by atoms with Crippen molar-refractivity contribution in [1.82, 2.24) is 4.40 Å². The van der Waals surface area contributed by atoms with Gasteiger partial charge in [0.25, 0.3) is 5.65 Å². The quantitative estimate of drug-likeness (QED) is 0.583. The van der Waals surface area contributed by atoms with Gasteiger partial charge in [-0.3, -0.25) is 0 Å². The highest BCUT2D eigenvalue weighted by atomic mass is 79.9. The van der Waals surface area contributed by atoms with E-state index in [2.05, 4.69) is 71.7 Å². The van der Waals surface area contributed by atoms with Crippen molar-refractivity contribution < 1.29 is 21.5 Å². The molecule has 0 radical (unpaired) electrons. The van der Waals surface area contributed by atoms with Gasteiger partial charge in [0.05, 0.1) is 6.20 Å². The van der Waals surface area contributed by atoms with E-state index in [4.69, 9.17) is 0 Å². The second-order valence-electron chi connectivity index (χ2n) is 4.89. The van der Waals surface area contributed by atoms with Crippen LogP contribution in [0.1, 0.15) is 16.7 Å². The number of halogens is 1. The summed E-state index contributed by atoms with van der Waals surface area (Å²) in [4.78, 5) is 0. The van der Waals surface area contributed by atoms with E-state index < -0.39 is 0 Å². The first-order valence-corrected chi connectivity index (χ1v) is 6.25. The van der Waals surface area contributed by atoms with Crippen LogP contribution in [0.5, 0.6) is 0 Å². The number of fused-ring (bicyclic) bond motifs is 1. The third-order valence-corrected chi connectivity index (χ3v) is 3.20. The van der Waals surface area contributed by atoms with Gasteiger partial charge in [0.2, 0.25) is 0 Å². The van der Waals surface area contributed by atoms with E-state index in [1.165, 1.54) is 22.3 Å². The van der Waals surface area contributed by atoms with Crippen LogP contribution in [-0.4, -0.2) is 4.40 Å². The molecule has 0 aliphatic carbocycles. The lowest BCUT2D eigenvalue weighted by Crippen LogP contribution is -3.00. The minimum Gasteiger partial charge on any atom is -1.00 e. The van der Waals surface area contributed by atoms with Gasteiger partial charge in [-0.2, -0.15) is 0 Å². The second kappa shape index (κ2) is 5.57. The predicted molar refractivity (Wildman–Crippen MR) is 72.6 cm³/mol. The van der Waals surface area contributed by atoms with Crippen LogP contribution >= 0.6 is 0 Å². The van der Waals surface area contributed by atoms with Crippen molar-refractivity contribution in [3.8, 4) is 0 Å². The van der Waals surface area contributed by atoms with Crippen molar-refractivity contribution in [3.05, 3.63) is 71.7 Å². The van der Waals surface area contributed by atoms with E-state index in [0.717, 1.165) is 6.54 Å². The molecule has 98 valence electrons. The standard InChI is InChI=1S/C16H17N2.BrH/c1-13-9-14(2)11-15(10-13)12-18-8-7-17-6-4-3-5-16(17)18;/h3-11H,12H2,1-2H3;1H/q+1;/p-1. The number of hydrogen-bond acceptors (Lipinski definition) is 0. The zero-order valence-corrected chi connectivity index (χ0v) is 12.8. The summed E-state index contributed by atoms with van der Waals surface area (Å²) in [6.07, 6.45) is 6.30. The molecule has 2 nitrogen and oxygen atoms in total. The molecule has 0 saturated heterocycles. The highest BCUT2D eigenvalue weighted by Crippen LogP contribution is 2.09. The molecule has 1 aromatic carbocycles. The average Bonchev–Trinajstić information content (AvgIpc) is 2.72. The molecule has 0 fully saturated rings. The van der Waals surface area contributed by atoms with Gasteiger partial charge in [-0.05, 0) is 25.5 Å². The summed E-state index contributed by atoms with van der Waals surface area (Å²) in [7, 11) is 0. The lowest BCUT2D eigenvalue weighted by atomic mass is 10.1. The summed E-state index contributed by atoms with van der Waals surface area (Å²) in [5.41, 5.74) is 5.23. The molecule has 3 aromatic rings. The molecule has 0 N–H and O–H groups in total. The summed E-state index contributed by atoms with van der Waals surface area (Å²) < 4.78 is 4.41. The van der Waals surface area contributed by atoms with Gasteiger partial charge in [-0.25, -0.2) is 8.97 Å². The number of imidazole rings is 1. The number of benzene rings is 1. The largest absolute Gasteiger partial charge is 1.00 e. The predicted octanol–water partition coefficient (Wildman–Crippen LogP) is -0.104. The molecule has 0 amide bonds. The Morgan fingerprint density at radius 1 is 1.00 bits per heavy atom. The fraction of sp³-hybridized carbons (Fsp3) is 0.188. The fourth-order valence-corrected chi connectivity index (χ4v) is 2.54. The topological polar surface area (TPSA) is 8.29 Å². The highest BCUT2D eigenvalue weighted by Gasteiger charge is 2.08. The molecule has 3 heteroatoms. The Morgan fingerprint density at radius 3 is 2.47 bits per heavy atom. The zero-order valence-electron chi connectivity index (χ0n) is 11.2. The van der Waals surface area contributed by atoms with Crippen LogP contribution in [-0.2, 0) is 6.54 Å². The normalized spacial score (nSPS) is 10.4. The molecule has 3 rings (SSSR count). The van der Waals surface area contributed by atoms with Crippen LogP contribution in [0.3, 0.4) is 0 Å². The van der Waals surface area contributed by atoms with Crippen molar-refractivity contribution in [2.24, 2.45) is 0 Å². The first-order chi connectivity index (χ1) is 8.72. The Kier molecular flexibility index (Phi) is 4.05. The average molecular weight is 317 g/mol. The van der Waals surface area contributed by atoms with Crippen LogP contribution in [0.15, 0.2) is 55.0 Å². The maximum absolute atomic E-state index is 2.27. The SMILES string of the molecule is Cc1cc(C)cc(C[n+]2ccn3ccccc32)c1.[Br-]. The summed E-state index contributed by atoms with van der Waals surface area (Å²) in [6.45, 7) is 5.22. The molecule has 0 aliphatic rings. The molecule has 0 spiro atoms. The van der Waals surface area contributed by atoms with Crippen molar-refractivity contribution in [3.63, 3.8) is 0 Å². The lowest BCUT2D eigenvalue weighted by molar-refractivity contribution is -0.661. The Labute approximate surface area is 124 Å². The Balaban J connectivity index is 0.00000133. The van der Waals surface area contributed by atoms with Crippen LogP contribution in [0.2, 0.25) is 0 Å². The minimum atomic E-state index is 0.